The molecule has 1 aromatic heterocycles. The Labute approximate surface area is 87.0 Å². The third-order valence-corrected chi connectivity index (χ3v) is 2.21. The van der Waals surface area contributed by atoms with Gasteiger partial charge >= 0.3 is 0 Å². The van der Waals surface area contributed by atoms with Crippen molar-refractivity contribution in [3.05, 3.63) is 23.2 Å². The van der Waals surface area contributed by atoms with E-state index < -0.39 is 0 Å². The van der Waals surface area contributed by atoms with Crippen LogP contribution in [0.5, 0.6) is 0 Å². The fourth-order valence-electron chi connectivity index (χ4n) is 1.28. The molecule has 14 heavy (non-hydrogen) atoms. The van der Waals surface area contributed by atoms with Gasteiger partial charge in [0.15, 0.2) is 11.4 Å². The monoisotopic (exact) mass is 210 g/mol. The molecule has 1 aromatic carbocycles. The van der Waals surface area contributed by atoms with Gasteiger partial charge < -0.3 is 9.84 Å². The predicted octanol–water partition coefficient (Wildman–Crippen LogP) is 3.30. The average Bonchev–Trinajstić information content (AvgIpc) is 2.57. The van der Waals surface area contributed by atoms with E-state index in [2.05, 4.69) is 17.4 Å². The Kier molecular flexibility index (Phi) is 2.59. The van der Waals surface area contributed by atoms with Crippen molar-refractivity contribution in [3.8, 4) is 0 Å². The van der Waals surface area contributed by atoms with Gasteiger partial charge in [-0.25, -0.2) is 0 Å². The number of hydrogen-bond donors (Lipinski definition) is 1. The molecule has 1 N–H and O–H groups in total. The number of rotatable bonds is 3. The normalized spacial score (nSPS) is 10.7. The van der Waals surface area contributed by atoms with Gasteiger partial charge in [0.05, 0.1) is 5.39 Å². The fourth-order valence-corrected chi connectivity index (χ4v) is 1.45. The number of anilines is 1. The summed E-state index contributed by atoms with van der Waals surface area (Å²) in [6.45, 7) is 2.98. The Hall–Kier alpha value is -1.22. The van der Waals surface area contributed by atoms with Gasteiger partial charge in [-0.2, -0.15) is 0 Å². The molecular formula is C10H11ClN2O. The summed E-state index contributed by atoms with van der Waals surface area (Å²) in [5, 5.41) is 8.74. The molecule has 0 unspecified atom stereocenters. The third kappa shape index (κ3) is 1.68. The van der Waals surface area contributed by atoms with Crippen LogP contribution in [0.25, 0.3) is 11.0 Å². The summed E-state index contributed by atoms with van der Waals surface area (Å²) in [7, 11) is 0. The van der Waals surface area contributed by atoms with Gasteiger partial charge in [-0.05, 0) is 24.6 Å². The van der Waals surface area contributed by atoms with Gasteiger partial charge in [-0.3, -0.25) is 0 Å². The van der Waals surface area contributed by atoms with Crippen molar-refractivity contribution in [1.29, 1.82) is 0 Å². The molecule has 0 aliphatic carbocycles. The highest BCUT2D eigenvalue weighted by Gasteiger charge is 2.06. The second-order valence-electron chi connectivity index (χ2n) is 3.10. The molecule has 3 nitrogen and oxygen atoms in total. The van der Waals surface area contributed by atoms with Crippen LogP contribution in [0.3, 0.4) is 0 Å². The number of aromatic nitrogens is 1. The maximum absolute atomic E-state index is 5.88. The number of fused-ring (bicyclic) bond motifs is 1. The maximum Gasteiger partial charge on any atom is 0.177 e. The fraction of sp³-hybridized carbons (Fsp3) is 0.300. The molecule has 0 saturated carbocycles. The van der Waals surface area contributed by atoms with Gasteiger partial charge in [0.1, 0.15) is 0 Å². The number of nitrogens with zero attached hydrogens (tertiary/aromatic N) is 1. The first-order chi connectivity index (χ1) is 6.81. The van der Waals surface area contributed by atoms with E-state index in [9.17, 15) is 0 Å². The lowest BCUT2D eigenvalue weighted by Gasteiger charge is -1.98. The van der Waals surface area contributed by atoms with Crippen LogP contribution in [-0.2, 0) is 0 Å². The van der Waals surface area contributed by atoms with Crippen molar-refractivity contribution in [1.82, 2.24) is 5.16 Å². The van der Waals surface area contributed by atoms with Crippen LogP contribution < -0.4 is 5.32 Å². The van der Waals surface area contributed by atoms with E-state index in [1.54, 1.807) is 6.07 Å². The van der Waals surface area contributed by atoms with Crippen molar-refractivity contribution in [2.45, 2.75) is 13.3 Å². The van der Waals surface area contributed by atoms with Crippen molar-refractivity contribution in [3.63, 3.8) is 0 Å². The molecule has 2 aromatic rings. The standard InChI is InChI=1S/C10H11ClN2O/c1-2-5-12-10-8-6-7(11)3-4-9(8)14-13-10/h3-4,6H,2,5H2,1H3,(H,12,13). The summed E-state index contributed by atoms with van der Waals surface area (Å²) in [6, 6.07) is 5.46. The summed E-state index contributed by atoms with van der Waals surface area (Å²) < 4.78 is 5.13. The van der Waals surface area contributed by atoms with Crippen molar-refractivity contribution < 1.29 is 4.52 Å². The van der Waals surface area contributed by atoms with Crippen LogP contribution in [0.15, 0.2) is 22.7 Å². The third-order valence-electron chi connectivity index (χ3n) is 1.97. The zero-order valence-corrected chi connectivity index (χ0v) is 8.64. The highest BCUT2D eigenvalue weighted by Crippen LogP contribution is 2.25. The van der Waals surface area contributed by atoms with E-state index >= 15 is 0 Å². The number of halogens is 1. The summed E-state index contributed by atoms with van der Waals surface area (Å²) in [6.07, 6.45) is 1.05. The van der Waals surface area contributed by atoms with Crippen LogP contribution in [0, 0.1) is 0 Å². The summed E-state index contributed by atoms with van der Waals surface area (Å²) >= 11 is 5.88. The molecule has 4 heteroatoms. The zero-order valence-electron chi connectivity index (χ0n) is 7.88. The summed E-state index contributed by atoms with van der Waals surface area (Å²) in [5.41, 5.74) is 0.757. The molecule has 0 amide bonds. The Morgan fingerprint density at radius 2 is 2.36 bits per heavy atom. The van der Waals surface area contributed by atoms with Crippen molar-refractivity contribution >= 4 is 28.4 Å². The number of nitrogens with one attached hydrogen (secondary N) is 1. The van der Waals surface area contributed by atoms with Crippen molar-refractivity contribution in [2.75, 3.05) is 11.9 Å². The van der Waals surface area contributed by atoms with Gasteiger partial charge in [-0.15, -0.1) is 0 Å². The largest absolute Gasteiger partial charge is 0.367 e. The van der Waals surface area contributed by atoms with Crippen LogP contribution in [0.1, 0.15) is 13.3 Å². The van der Waals surface area contributed by atoms with E-state index in [0.717, 1.165) is 29.8 Å². The van der Waals surface area contributed by atoms with Crippen LogP contribution >= 0.6 is 11.6 Å². The minimum atomic E-state index is 0.695. The van der Waals surface area contributed by atoms with Gasteiger partial charge in [0.2, 0.25) is 0 Å². The second kappa shape index (κ2) is 3.88. The van der Waals surface area contributed by atoms with E-state index in [1.807, 2.05) is 12.1 Å². The molecule has 0 saturated heterocycles. The molecule has 0 radical (unpaired) electrons. The van der Waals surface area contributed by atoms with Crippen LogP contribution in [-0.4, -0.2) is 11.7 Å². The number of benzene rings is 1. The molecule has 0 spiro atoms. The van der Waals surface area contributed by atoms with Crippen molar-refractivity contribution in [2.24, 2.45) is 0 Å². The lowest BCUT2D eigenvalue weighted by molar-refractivity contribution is 0.459. The minimum absolute atomic E-state index is 0.695. The Bertz CT molecular complexity index is 439. The summed E-state index contributed by atoms with van der Waals surface area (Å²) in [5.74, 6) is 0.768. The molecule has 1 heterocycles. The maximum atomic E-state index is 5.88. The SMILES string of the molecule is CCCNc1noc2ccc(Cl)cc12. The first-order valence-electron chi connectivity index (χ1n) is 4.60. The smallest absolute Gasteiger partial charge is 0.177 e. The first-order valence-corrected chi connectivity index (χ1v) is 4.98. The second-order valence-corrected chi connectivity index (χ2v) is 3.53. The molecule has 2 rings (SSSR count). The lowest BCUT2D eigenvalue weighted by Crippen LogP contribution is -1.99. The molecule has 0 aliphatic heterocycles. The van der Waals surface area contributed by atoms with Gasteiger partial charge in [0.25, 0.3) is 0 Å². The number of hydrogen-bond acceptors (Lipinski definition) is 3. The Morgan fingerprint density at radius 3 is 3.14 bits per heavy atom. The van der Waals surface area contributed by atoms with E-state index in [4.69, 9.17) is 16.1 Å². The highest BCUT2D eigenvalue weighted by atomic mass is 35.5. The molecule has 0 atom stereocenters. The quantitative estimate of drug-likeness (QED) is 0.845. The van der Waals surface area contributed by atoms with Gasteiger partial charge in [-0.1, -0.05) is 23.7 Å². The molecular weight excluding hydrogens is 200 g/mol. The Balaban J connectivity index is 2.40. The zero-order chi connectivity index (χ0) is 9.97. The van der Waals surface area contributed by atoms with Crippen LogP contribution in [0.4, 0.5) is 5.82 Å². The Morgan fingerprint density at radius 1 is 1.50 bits per heavy atom. The van der Waals surface area contributed by atoms with Crippen LogP contribution in [0.2, 0.25) is 5.02 Å². The lowest BCUT2D eigenvalue weighted by atomic mass is 10.2. The molecule has 0 fully saturated rings. The van der Waals surface area contributed by atoms with E-state index in [1.165, 1.54) is 0 Å². The highest BCUT2D eigenvalue weighted by molar-refractivity contribution is 6.31. The van der Waals surface area contributed by atoms with E-state index in [-0.39, 0.29) is 0 Å². The average molecular weight is 211 g/mol. The minimum Gasteiger partial charge on any atom is -0.367 e. The molecule has 0 bridgehead atoms. The van der Waals surface area contributed by atoms with Gasteiger partial charge in [0, 0.05) is 11.6 Å². The molecule has 74 valence electrons. The topological polar surface area (TPSA) is 38.1 Å². The first kappa shape index (κ1) is 9.34. The van der Waals surface area contributed by atoms with E-state index in [0.29, 0.717) is 5.02 Å². The summed E-state index contributed by atoms with van der Waals surface area (Å²) in [4.78, 5) is 0. The predicted molar refractivity (Wildman–Crippen MR) is 57.8 cm³/mol. The molecule has 0 aliphatic rings.